The largest absolute Gasteiger partial charge is 0.497 e. The van der Waals surface area contributed by atoms with Crippen LogP contribution in [0.1, 0.15) is 37.0 Å². The van der Waals surface area contributed by atoms with Gasteiger partial charge in [0.25, 0.3) is 5.91 Å². The number of methoxy groups -OCH3 is 1. The topological polar surface area (TPSA) is 105 Å². The molecule has 0 spiro atoms. The second-order valence-corrected chi connectivity index (χ2v) is 6.19. The third-order valence-corrected chi connectivity index (χ3v) is 4.57. The van der Waals surface area contributed by atoms with Crippen LogP contribution in [-0.4, -0.2) is 30.0 Å². The van der Waals surface area contributed by atoms with E-state index in [9.17, 15) is 19.5 Å². The molecule has 0 bridgehead atoms. The number of carbonyl (C=O) groups is 3. The highest BCUT2D eigenvalue weighted by atomic mass is 16.5. The Hall–Kier alpha value is -2.83. The summed E-state index contributed by atoms with van der Waals surface area (Å²) in [6.45, 7) is 3.77. The number of carboxylic acid groups (broad SMARTS) is 1. The van der Waals surface area contributed by atoms with E-state index < -0.39 is 29.6 Å². The molecule has 1 aromatic rings. The zero-order valence-corrected chi connectivity index (χ0v) is 14.5. The predicted octanol–water partition coefficient (Wildman–Crippen LogP) is 1.90. The van der Waals surface area contributed by atoms with E-state index in [4.69, 9.17) is 4.74 Å². The van der Waals surface area contributed by atoms with Crippen molar-refractivity contribution in [2.24, 2.45) is 11.8 Å². The number of nitrogens with one attached hydrogen (secondary N) is 2. The highest BCUT2D eigenvalue weighted by Crippen LogP contribution is 2.34. The van der Waals surface area contributed by atoms with Crippen LogP contribution in [0.3, 0.4) is 0 Å². The van der Waals surface area contributed by atoms with Crippen molar-refractivity contribution in [2.45, 2.75) is 26.7 Å². The molecule has 1 aliphatic rings. The minimum Gasteiger partial charge on any atom is -0.497 e. The number of ether oxygens (including phenoxy) is 1. The Labute approximate surface area is 146 Å². The van der Waals surface area contributed by atoms with Crippen LogP contribution in [0.4, 0.5) is 0 Å². The predicted molar refractivity (Wildman–Crippen MR) is 90.8 cm³/mol. The van der Waals surface area contributed by atoms with Gasteiger partial charge in [-0.3, -0.25) is 25.2 Å². The van der Waals surface area contributed by atoms with Crippen LogP contribution < -0.4 is 15.6 Å². The summed E-state index contributed by atoms with van der Waals surface area (Å²) in [6.07, 6.45) is 0.707. The number of rotatable bonds is 4. The van der Waals surface area contributed by atoms with Gasteiger partial charge in [-0.15, -0.1) is 0 Å². The quantitative estimate of drug-likeness (QED) is 0.570. The summed E-state index contributed by atoms with van der Waals surface area (Å²) in [5, 5.41) is 9.36. The van der Waals surface area contributed by atoms with E-state index in [0.717, 1.165) is 11.1 Å². The number of allylic oxidation sites excluding steroid dienone is 2. The first-order valence-electron chi connectivity index (χ1n) is 7.95. The number of amides is 2. The van der Waals surface area contributed by atoms with Gasteiger partial charge in [-0.2, -0.15) is 0 Å². The molecule has 1 aromatic carbocycles. The first-order valence-corrected chi connectivity index (χ1v) is 7.95. The Morgan fingerprint density at radius 3 is 2.08 bits per heavy atom. The van der Waals surface area contributed by atoms with Crippen molar-refractivity contribution >= 4 is 17.8 Å². The van der Waals surface area contributed by atoms with Gasteiger partial charge in [0.1, 0.15) is 5.75 Å². The van der Waals surface area contributed by atoms with Gasteiger partial charge in [0.2, 0.25) is 5.91 Å². The summed E-state index contributed by atoms with van der Waals surface area (Å²) < 4.78 is 5.02. The van der Waals surface area contributed by atoms with Crippen molar-refractivity contribution < 1.29 is 24.2 Å². The maximum absolute atomic E-state index is 12.4. The number of aliphatic carboxylic acids is 1. The Balaban J connectivity index is 2.00. The Morgan fingerprint density at radius 2 is 1.56 bits per heavy atom. The molecule has 2 amide bonds. The van der Waals surface area contributed by atoms with Crippen molar-refractivity contribution in [1.29, 1.82) is 0 Å². The van der Waals surface area contributed by atoms with Crippen molar-refractivity contribution in [3.05, 3.63) is 41.0 Å². The molecular formula is C18H22N2O5. The van der Waals surface area contributed by atoms with Gasteiger partial charge >= 0.3 is 5.97 Å². The molecule has 25 heavy (non-hydrogen) atoms. The summed E-state index contributed by atoms with van der Waals surface area (Å²) in [4.78, 5) is 35.9. The smallest absolute Gasteiger partial charge is 0.307 e. The molecule has 0 saturated heterocycles. The number of benzene rings is 1. The van der Waals surface area contributed by atoms with Crippen LogP contribution in [-0.2, 0) is 9.59 Å². The summed E-state index contributed by atoms with van der Waals surface area (Å²) in [7, 11) is 1.52. The maximum Gasteiger partial charge on any atom is 0.307 e. The lowest BCUT2D eigenvalue weighted by Crippen LogP contribution is -2.48. The lowest BCUT2D eigenvalue weighted by atomic mass is 9.76. The molecule has 0 heterocycles. The molecular weight excluding hydrogens is 324 g/mol. The number of carboxylic acids is 1. The van der Waals surface area contributed by atoms with Crippen LogP contribution >= 0.6 is 0 Å². The fourth-order valence-corrected chi connectivity index (χ4v) is 2.85. The van der Waals surface area contributed by atoms with Gasteiger partial charge in [0.05, 0.1) is 18.9 Å². The molecule has 0 saturated carbocycles. The van der Waals surface area contributed by atoms with E-state index in [0.29, 0.717) is 24.2 Å². The minimum atomic E-state index is -1.01. The van der Waals surface area contributed by atoms with Gasteiger partial charge < -0.3 is 9.84 Å². The second kappa shape index (κ2) is 7.83. The van der Waals surface area contributed by atoms with Crippen LogP contribution in [0.25, 0.3) is 0 Å². The molecule has 0 aliphatic heterocycles. The van der Waals surface area contributed by atoms with Crippen LogP contribution in [0.5, 0.6) is 5.75 Å². The van der Waals surface area contributed by atoms with Crippen molar-refractivity contribution in [2.75, 3.05) is 7.11 Å². The van der Waals surface area contributed by atoms with Crippen LogP contribution in [0.2, 0.25) is 0 Å². The van der Waals surface area contributed by atoms with Gasteiger partial charge in [0.15, 0.2) is 0 Å². The molecule has 0 aromatic heterocycles. The van der Waals surface area contributed by atoms with Crippen molar-refractivity contribution in [3.8, 4) is 5.75 Å². The zero-order chi connectivity index (χ0) is 18.6. The monoisotopic (exact) mass is 346 g/mol. The average Bonchev–Trinajstić information content (AvgIpc) is 2.61. The van der Waals surface area contributed by atoms with Crippen molar-refractivity contribution in [3.63, 3.8) is 0 Å². The molecule has 2 atom stereocenters. The van der Waals surface area contributed by atoms with Gasteiger partial charge in [-0.25, -0.2) is 0 Å². The lowest BCUT2D eigenvalue weighted by molar-refractivity contribution is -0.147. The molecule has 0 fully saturated rings. The summed E-state index contributed by atoms with van der Waals surface area (Å²) in [6, 6.07) is 6.40. The van der Waals surface area contributed by atoms with Crippen LogP contribution in [0.15, 0.2) is 35.4 Å². The molecule has 7 heteroatoms. The molecule has 0 unspecified atom stereocenters. The van der Waals surface area contributed by atoms with E-state index in [2.05, 4.69) is 10.9 Å². The SMILES string of the molecule is COc1ccc(C(=O)NNC(=O)[C@H]2CC(C)=C(C)C[C@H]2C(=O)O)cc1. The Kier molecular flexibility index (Phi) is 5.80. The van der Waals surface area contributed by atoms with E-state index in [1.165, 1.54) is 7.11 Å². The maximum atomic E-state index is 12.4. The average molecular weight is 346 g/mol. The Morgan fingerprint density at radius 1 is 1.00 bits per heavy atom. The number of carbonyl (C=O) groups excluding carboxylic acids is 2. The number of hydrazine groups is 1. The zero-order valence-electron chi connectivity index (χ0n) is 14.5. The fraction of sp³-hybridized carbons (Fsp3) is 0.389. The van der Waals surface area contributed by atoms with E-state index in [-0.39, 0.29) is 0 Å². The summed E-state index contributed by atoms with van der Waals surface area (Å²) >= 11 is 0. The first-order chi connectivity index (χ1) is 11.8. The Bertz CT molecular complexity index is 709. The summed E-state index contributed by atoms with van der Waals surface area (Å²) in [5.74, 6) is -2.87. The van der Waals surface area contributed by atoms with Gasteiger partial charge in [-0.05, 0) is 51.0 Å². The number of hydrogen-bond acceptors (Lipinski definition) is 4. The number of hydrogen-bond donors (Lipinski definition) is 3. The third kappa shape index (κ3) is 4.37. The lowest BCUT2D eigenvalue weighted by Gasteiger charge is -2.29. The van der Waals surface area contributed by atoms with E-state index >= 15 is 0 Å². The highest BCUT2D eigenvalue weighted by Gasteiger charge is 2.37. The standard InChI is InChI=1S/C18H22N2O5/c1-10-8-14(15(18(23)24)9-11(10)2)17(22)20-19-16(21)12-4-6-13(25-3)7-5-12/h4-7,14-15H,8-9H2,1-3H3,(H,19,21)(H,20,22)(H,23,24)/t14-,15+/m0/s1. The van der Waals surface area contributed by atoms with Crippen LogP contribution in [0, 0.1) is 11.8 Å². The third-order valence-electron chi connectivity index (χ3n) is 4.57. The van der Waals surface area contributed by atoms with Gasteiger partial charge in [-0.1, -0.05) is 11.1 Å². The molecule has 3 N–H and O–H groups in total. The fourth-order valence-electron chi connectivity index (χ4n) is 2.85. The summed E-state index contributed by atoms with van der Waals surface area (Å²) in [5.41, 5.74) is 7.04. The molecule has 2 rings (SSSR count). The highest BCUT2D eigenvalue weighted by molar-refractivity contribution is 5.96. The molecule has 134 valence electrons. The van der Waals surface area contributed by atoms with Crippen molar-refractivity contribution in [1.82, 2.24) is 10.9 Å². The first kappa shape index (κ1) is 18.5. The second-order valence-electron chi connectivity index (χ2n) is 6.19. The minimum absolute atomic E-state index is 0.339. The van der Waals surface area contributed by atoms with Gasteiger partial charge in [0, 0.05) is 5.56 Å². The van der Waals surface area contributed by atoms with E-state index in [1.54, 1.807) is 24.3 Å². The van der Waals surface area contributed by atoms with E-state index in [1.807, 2.05) is 13.8 Å². The molecule has 1 aliphatic carbocycles. The molecule has 0 radical (unpaired) electrons. The molecule has 7 nitrogen and oxygen atoms in total. The normalized spacial score (nSPS) is 20.0.